The van der Waals surface area contributed by atoms with Crippen molar-refractivity contribution in [2.24, 2.45) is 35.5 Å². The van der Waals surface area contributed by atoms with E-state index in [1.54, 1.807) is 39.8 Å². The highest BCUT2D eigenvalue weighted by Gasteiger charge is 2.46. The fourth-order valence-electron chi connectivity index (χ4n) is 3.92. The second-order valence-electron chi connectivity index (χ2n) is 12.4. The average molecular weight is 685 g/mol. The van der Waals surface area contributed by atoms with E-state index in [9.17, 15) is 49.5 Å². The van der Waals surface area contributed by atoms with E-state index < -0.39 is 121 Å². The van der Waals surface area contributed by atoms with Gasteiger partial charge in [-0.15, -0.1) is 0 Å². The predicted octanol–water partition coefficient (Wildman–Crippen LogP) is 1.39. The van der Waals surface area contributed by atoms with Crippen molar-refractivity contribution in [3.63, 3.8) is 0 Å². The van der Waals surface area contributed by atoms with Crippen LogP contribution >= 0.6 is 0 Å². The van der Waals surface area contributed by atoms with Crippen LogP contribution in [0.15, 0.2) is 0 Å². The molecule has 0 fully saturated rings. The standard InChI is InChI=1S/C32H48N2O14/c1-15(2)21(11-33)29(39)47-23(13-43-31(41)25(37)17(5)6)27(45-19(9)35)28(46-20(10)36)24(14-44-32(42)26(38)18(7)8)48-30(40)22(12-34)16(3)4/h15-18,21-28,37-38H,13-14H2,1-10H3/t21?,22?,23-,24-,25-,26-,27-,28-/m1/s1. The molecule has 0 aliphatic rings. The first-order chi connectivity index (χ1) is 22.2. The number of aliphatic hydroxyl groups excluding tert-OH is 2. The van der Waals surface area contributed by atoms with Crippen LogP contribution in [0.25, 0.3) is 0 Å². The molecule has 0 aromatic heterocycles. The third kappa shape index (κ3) is 14.2. The topological polar surface area (TPSA) is 246 Å². The molecule has 16 heteroatoms. The van der Waals surface area contributed by atoms with Gasteiger partial charge in [-0.05, 0) is 23.7 Å². The predicted molar refractivity (Wildman–Crippen MR) is 162 cm³/mol. The quantitative estimate of drug-likeness (QED) is 0.144. The number of ether oxygens (including phenoxy) is 6. The minimum absolute atomic E-state index is 0.579. The molecule has 0 rings (SSSR count). The molecule has 0 aliphatic carbocycles. The number of esters is 6. The zero-order valence-electron chi connectivity index (χ0n) is 29.0. The van der Waals surface area contributed by atoms with E-state index in [1.165, 1.54) is 27.7 Å². The minimum atomic E-state index is -1.98. The van der Waals surface area contributed by atoms with E-state index in [0.717, 1.165) is 13.8 Å². The summed E-state index contributed by atoms with van der Waals surface area (Å²) in [7, 11) is 0. The molecule has 48 heavy (non-hydrogen) atoms. The Hall–Kier alpha value is -4.28. The molecule has 0 spiro atoms. The van der Waals surface area contributed by atoms with Gasteiger partial charge in [0.1, 0.15) is 25.0 Å². The van der Waals surface area contributed by atoms with Crippen molar-refractivity contribution in [3.8, 4) is 12.1 Å². The summed E-state index contributed by atoms with van der Waals surface area (Å²) in [5.41, 5.74) is 0. The highest BCUT2D eigenvalue weighted by Crippen LogP contribution is 2.24. The van der Waals surface area contributed by atoms with Crippen LogP contribution in [0.2, 0.25) is 0 Å². The maximum absolute atomic E-state index is 13.2. The van der Waals surface area contributed by atoms with Gasteiger partial charge in [-0.2, -0.15) is 10.5 Å². The number of nitriles is 2. The van der Waals surface area contributed by atoms with Crippen LogP contribution in [0.1, 0.15) is 69.2 Å². The Balaban J connectivity index is 7.27. The summed E-state index contributed by atoms with van der Waals surface area (Å²) in [5.74, 6) is -11.8. The Morgan fingerprint density at radius 3 is 1.02 bits per heavy atom. The lowest BCUT2D eigenvalue weighted by Crippen LogP contribution is -2.55. The van der Waals surface area contributed by atoms with Crippen molar-refractivity contribution in [2.75, 3.05) is 13.2 Å². The van der Waals surface area contributed by atoms with E-state index in [-0.39, 0.29) is 0 Å². The fraction of sp³-hybridized carbons (Fsp3) is 0.750. The Kier molecular flexibility index (Phi) is 19.0. The Bertz CT molecular complexity index is 1110. The summed E-state index contributed by atoms with van der Waals surface area (Å²) in [5, 5.41) is 39.5. The third-order valence-corrected chi connectivity index (χ3v) is 6.84. The smallest absolute Gasteiger partial charge is 0.335 e. The number of aliphatic hydroxyl groups is 2. The first-order valence-electron chi connectivity index (χ1n) is 15.4. The minimum Gasteiger partial charge on any atom is -0.460 e. The van der Waals surface area contributed by atoms with Crippen molar-refractivity contribution in [1.29, 1.82) is 10.5 Å². The normalized spacial score (nSPS) is 16.2. The Labute approximate surface area is 280 Å². The number of rotatable bonds is 19. The van der Waals surface area contributed by atoms with Gasteiger partial charge in [0, 0.05) is 13.8 Å². The van der Waals surface area contributed by atoms with Gasteiger partial charge in [0.25, 0.3) is 0 Å². The molecule has 0 saturated carbocycles. The van der Waals surface area contributed by atoms with Gasteiger partial charge in [0.2, 0.25) is 0 Å². The third-order valence-electron chi connectivity index (χ3n) is 6.84. The van der Waals surface area contributed by atoms with E-state index in [1.807, 2.05) is 0 Å². The van der Waals surface area contributed by atoms with Gasteiger partial charge in [-0.3, -0.25) is 19.2 Å². The van der Waals surface area contributed by atoms with Crippen molar-refractivity contribution in [2.45, 2.75) is 106 Å². The molecule has 2 N–H and O–H groups in total. The molecule has 0 saturated heterocycles. The Morgan fingerprint density at radius 2 is 0.812 bits per heavy atom. The van der Waals surface area contributed by atoms with Gasteiger partial charge in [-0.25, -0.2) is 9.59 Å². The lowest BCUT2D eigenvalue weighted by Gasteiger charge is -2.36. The maximum atomic E-state index is 13.2. The number of hydrogen-bond donors (Lipinski definition) is 2. The molecular weight excluding hydrogens is 636 g/mol. The fourth-order valence-corrected chi connectivity index (χ4v) is 3.92. The first-order valence-corrected chi connectivity index (χ1v) is 15.4. The lowest BCUT2D eigenvalue weighted by molar-refractivity contribution is -0.211. The zero-order valence-corrected chi connectivity index (χ0v) is 29.0. The van der Waals surface area contributed by atoms with Gasteiger partial charge in [-0.1, -0.05) is 55.4 Å². The van der Waals surface area contributed by atoms with Crippen LogP contribution in [0.3, 0.4) is 0 Å². The molecule has 0 heterocycles. The van der Waals surface area contributed by atoms with Gasteiger partial charge in [0.15, 0.2) is 36.6 Å². The number of nitrogens with zero attached hydrogens (tertiary/aromatic N) is 2. The van der Waals surface area contributed by atoms with Crippen LogP contribution < -0.4 is 0 Å². The summed E-state index contributed by atoms with van der Waals surface area (Å²) in [6, 6.07) is 3.56. The molecule has 270 valence electrons. The molecular formula is C32H48N2O14. The van der Waals surface area contributed by atoms with Crippen molar-refractivity contribution < 1.29 is 67.4 Å². The summed E-state index contributed by atoms with van der Waals surface area (Å²) in [6.07, 6.45) is -11.0. The Morgan fingerprint density at radius 1 is 0.521 bits per heavy atom. The molecule has 0 amide bonds. The number of carbonyl (C=O) groups is 6. The van der Waals surface area contributed by atoms with E-state index >= 15 is 0 Å². The van der Waals surface area contributed by atoms with Gasteiger partial charge >= 0.3 is 35.8 Å². The molecule has 0 radical (unpaired) electrons. The van der Waals surface area contributed by atoms with Gasteiger partial charge < -0.3 is 38.6 Å². The highest BCUT2D eigenvalue weighted by atomic mass is 16.6. The zero-order chi connectivity index (χ0) is 37.5. The maximum Gasteiger partial charge on any atom is 0.335 e. The average Bonchev–Trinajstić information content (AvgIpc) is 2.97. The summed E-state index contributed by atoms with van der Waals surface area (Å²) in [6.45, 7) is 12.3. The molecule has 0 bridgehead atoms. The summed E-state index contributed by atoms with van der Waals surface area (Å²) in [4.78, 5) is 76.3. The second-order valence-corrected chi connectivity index (χ2v) is 12.4. The van der Waals surface area contributed by atoms with Crippen molar-refractivity contribution in [3.05, 3.63) is 0 Å². The second kappa shape index (κ2) is 20.8. The lowest BCUT2D eigenvalue weighted by atomic mass is 9.96. The largest absolute Gasteiger partial charge is 0.460 e. The van der Waals surface area contributed by atoms with Gasteiger partial charge in [0.05, 0.1) is 12.1 Å². The molecule has 0 aromatic rings. The summed E-state index contributed by atoms with van der Waals surface area (Å²) >= 11 is 0. The molecule has 2 unspecified atom stereocenters. The molecule has 0 aliphatic heterocycles. The van der Waals surface area contributed by atoms with Crippen LogP contribution in [0.4, 0.5) is 0 Å². The first kappa shape index (κ1) is 43.7. The van der Waals surface area contributed by atoms with Crippen LogP contribution in [-0.4, -0.2) is 95.9 Å². The molecule has 8 atom stereocenters. The number of hydrogen-bond acceptors (Lipinski definition) is 16. The highest BCUT2D eigenvalue weighted by molar-refractivity contribution is 5.77. The summed E-state index contributed by atoms with van der Waals surface area (Å²) < 4.78 is 32.2. The molecule has 16 nitrogen and oxygen atoms in total. The van der Waals surface area contributed by atoms with E-state index in [0.29, 0.717) is 0 Å². The van der Waals surface area contributed by atoms with Crippen molar-refractivity contribution in [1.82, 2.24) is 0 Å². The monoisotopic (exact) mass is 684 g/mol. The SMILES string of the molecule is CC(=O)O[C@@H]([C@H](OC(C)=O)[C@@H](COC(=O)[C@H](O)C(C)C)OC(=O)C(C#N)C(C)C)[C@@H](COC(=O)[C@H](O)C(C)C)OC(=O)C(C#N)C(C)C. The van der Waals surface area contributed by atoms with Crippen LogP contribution in [-0.2, 0) is 57.2 Å². The van der Waals surface area contributed by atoms with Crippen LogP contribution in [0, 0.1) is 58.2 Å². The van der Waals surface area contributed by atoms with Crippen LogP contribution in [0.5, 0.6) is 0 Å². The van der Waals surface area contributed by atoms with E-state index in [2.05, 4.69) is 0 Å². The van der Waals surface area contributed by atoms with E-state index in [4.69, 9.17) is 28.4 Å². The van der Waals surface area contributed by atoms with Crippen molar-refractivity contribution >= 4 is 35.8 Å². The number of carbonyl (C=O) groups excluding carboxylic acids is 6. The molecule has 0 aromatic carbocycles.